The Labute approximate surface area is 83.4 Å². The smallest absolute Gasteiger partial charge is 0.0481 e. The fourth-order valence-electron chi connectivity index (χ4n) is 1.53. The Morgan fingerprint density at radius 2 is 2.08 bits per heavy atom. The molecule has 0 saturated heterocycles. The van der Waals surface area contributed by atoms with Crippen molar-refractivity contribution in [2.24, 2.45) is 0 Å². The summed E-state index contributed by atoms with van der Waals surface area (Å²) < 4.78 is 0. The molecule has 1 aliphatic heterocycles. The first-order valence-electron chi connectivity index (χ1n) is 4.45. The van der Waals surface area contributed by atoms with E-state index in [9.17, 15) is 0 Å². The molecule has 67 valence electrons. The first kappa shape index (κ1) is 8.79. The Balaban J connectivity index is 2.34. The molecule has 1 aromatic rings. The molecule has 0 atom stereocenters. The zero-order chi connectivity index (χ0) is 9.10. The van der Waals surface area contributed by atoms with Crippen LogP contribution in [0.2, 0.25) is 5.02 Å². The molecule has 0 bridgehead atoms. The summed E-state index contributed by atoms with van der Waals surface area (Å²) in [6.07, 6.45) is 3.18. The number of nitrogens with zero attached hydrogens (tertiary/aromatic N) is 1. The molecule has 0 saturated carbocycles. The fraction of sp³-hybridized carbons (Fsp3) is 0.273. The molecule has 1 nitrogen and oxygen atoms in total. The van der Waals surface area contributed by atoms with Crippen molar-refractivity contribution in [1.29, 1.82) is 0 Å². The summed E-state index contributed by atoms with van der Waals surface area (Å²) in [5.41, 5.74) is 2.50. The van der Waals surface area contributed by atoms with E-state index < -0.39 is 0 Å². The minimum absolute atomic E-state index is 0.834. The normalized spacial score (nSPS) is 16.8. The second-order valence-electron chi connectivity index (χ2n) is 3.09. The van der Waals surface area contributed by atoms with E-state index >= 15 is 0 Å². The van der Waals surface area contributed by atoms with E-state index in [2.05, 4.69) is 17.5 Å². The number of hydrogen-bond donors (Lipinski definition) is 0. The van der Waals surface area contributed by atoms with Crippen LogP contribution in [0.5, 0.6) is 0 Å². The molecule has 2 heteroatoms. The summed E-state index contributed by atoms with van der Waals surface area (Å²) in [7, 11) is 0. The highest BCUT2D eigenvalue weighted by molar-refractivity contribution is 6.32. The zero-order valence-corrected chi connectivity index (χ0v) is 8.09. The lowest BCUT2D eigenvalue weighted by molar-refractivity contribution is 0.723. The molecular formula is C11H11ClN. The Morgan fingerprint density at radius 1 is 1.23 bits per heavy atom. The van der Waals surface area contributed by atoms with E-state index in [0.717, 1.165) is 24.5 Å². The predicted molar refractivity (Wildman–Crippen MR) is 55.9 cm³/mol. The van der Waals surface area contributed by atoms with Crippen LogP contribution >= 0.6 is 11.6 Å². The van der Waals surface area contributed by atoms with Gasteiger partial charge in [0, 0.05) is 18.1 Å². The molecule has 0 N–H and O–H groups in total. The molecular weight excluding hydrogens is 182 g/mol. The van der Waals surface area contributed by atoms with E-state index in [1.807, 2.05) is 18.2 Å². The molecule has 0 amide bonds. The second-order valence-corrected chi connectivity index (χ2v) is 3.50. The summed E-state index contributed by atoms with van der Waals surface area (Å²) in [5, 5.41) is 5.11. The van der Waals surface area contributed by atoms with Gasteiger partial charge in [0.2, 0.25) is 0 Å². The molecule has 1 aliphatic rings. The maximum Gasteiger partial charge on any atom is 0.0481 e. The third-order valence-corrected chi connectivity index (χ3v) is 2.56. The first-order valence-corrected chi connectivity index (χ1v) is 4.83. The topological polar surface area (TPSA) is 14.1 Å². The van der Waals surface area contributed by atoms with Crippen molar-refractivity contribution in [3.8, 4) is 0 Å². The summed E-state index contributed by atoms with van der Waals surface area (Å²) in [6.45, 7) is 1.76. The highest BCUT2D eigenvalue weighted by Gasteiger charge is 2.08. The van der Waals surface area contributed by atoms with Crippen LogP contribution in [-0.4, -0.2) is 13.1 Å². The molecule has 0 aliphatic carbocycles. The van der Waals surface area contributed by atoms with Crippen LogP contribution in [0.4, 0.5) is 0 Å². The van der Waals surface area contributed by atoms with Gasteiger partial charge in [0.1, 0.15) is 0 Å². The van der Waals surface area contributed by atoms with Gasteiger partial charge in [-0.15, -0.1) is 0 Å². The maximum absolute atomic E-state index is 6.09. The van der Waals surface area contributed by atoms with Crippen LogP contribution < -0.4 is 5.32 Å². The van der Waals surface area contributed by atoms with Crippen molar-refractivity contribution in [1.82, 2.24) is 5.32 Å². The second kappa shape index (κ2) is 3.95. The van der Waals surface area contributed by atoms with E-state index in [-0.39, 0.29) is 0 Å². The molecule has 0 fully saturated rings. The van der Waals surface area contributed by atoms with Crippen LogP contribution in [-0.2, 0) is 0 Å². The molecule has 1 radical (unpaired) electrons. The predicted octanol–water partition coefficient (Wildman–Crippen LogP) is 2.73. The number of benzene rings is 1. The summed E-state index contributed by atoms with van der Waals surface area (Å²) in [6, 6.07) is 7.98. The Morgan fingerprint density at radius 3 is 2.77 bits per heavy atom. The van der Waals surface area contributed by atoms with E-state index in [4.69, 9.17) is 11.6 Å². The maximum atomic E-state index is 6.09. The Bertz CT molecular complexity index is 331. The van der Waals surface area contributed by atoms with Gasteiger partial charge in [0.05, 0.1) is 0 Å². The lowest BCUT2D eigenvalue weighted by atomic mass is 10.0. The number of rotatable bonds is 1. The van der Waals surface area contributed by atoms with Crippen molar-refractivity contribution >= 4 is 17.2 Å². The van der Waals surface area contributed by atoms with E-state index in [1.54, 1.807) is 0 Å². The average Bonchev–Trinajstić information content (AvgIpc) is 2.20. The van der Waals surface area contributed by atoms with Gasteiger partial charge in [-0.3, -0.25) is 0 Å². The van der Waals surface area contributed by atoms with Crippen molar-refractivity contribution < 1.29 is 0 Å². The van der Waals surface area contributed by atoms with Crippen molar-refractivity contribution in [2.45, 2.75) is 6.42 Å². The quantitative estimate of drug-likeness (QED) is 0.650. The third kappa shape index (κ3) is 1.93. The molecule has 1 heterocycles. The van der Waals surface area contributed by atoms with Gasteiger partial charge in [-0.1, -0.05) is 35.9 Å². The monoisotopic (exact) mass is 192 g/mol. The molecule has 0 aromatic heterocycles. The summed E-state index contributed by atoms with van der Waals surface area (Å²) >= 11 is 6.09. The van der Waals surface area contributed by atoms with Gasteiger partial charge < -0.3 is 0 Å². The molecule has 13 heavy (non-hydrogen) atoms. The van der Waals surface area contributed by atoms with Gasteiger partial charge in [0.25, 0.3) is 0 Å². The summed E-state index contributed by atoms with van der Waals surface area (Å²) in [4.78, 5) is 0. The number of hydrogen-bond acceptors (Lipinski definition) is 0. The SMILES string of the molecule is Clc1ccccc1C1=CC[N]CC1. The average molecular weight is 193 g/mol. The molecule has 0 unspecified atom stereocenters. The van der Waals surface area contributed by atoms with Gasteiger partial charge in [0.15, 0.2) is 0 Å². The van der Waals surface area contributed by atoms with E-state index in [0.29, 0.717) is 0 Å². The van der Waals surface area contributed by atoms with Gasteiger partial charge in [-0.25, -0.2) is 5.32 Å². The molecule has 2 rings (SSSR count). The standard InChI is InChI=1S/C11H11ClN/c12-11-4-2-1-3-10(11)9-5-7-13-8-6-9/h1-5H,6-8H2. The highest BCUT2D eigenvalue weighted by atomic mass is 35.5. The van der Waals surface area contributed by atoms with Crippen LogP contribution in [0.25, 0.3) is 5.57 Å². The minimum atomic E-state index is 0.834. The fourth-order valence-corrected chi connectivity index (χ4v) is 1.79. The van der Waals surface area contributed by atoms with Crippen molar-refractivity contribution in [2.75, 3.05) is 13.1 Å². The van der Waals surface area contributed by atoms with Gasteiger partial charge >= 0.3 is 0 Å². The van der Waals surface area contributed by atoms with Crippen LogP contribution in [0, 0.1) is 0 Å². The van der Waals surface area contributed by atoms with Crippen molar-refractivity contribution in [3.63, 3.8) is 0 Å². The van der Waals surface area contributed by atoms with Crippen LogP contribution in [0.1, 0.15) is 12.0 Å². The van der Waals surface area contributed by atoms with E-state index in [1.165, 1.54) is 11.1 Å². The first-order chi connectivity index (χ1) is 6.38. The van der Waals surface area contributed by atoms with Crippen LogP contribution in [0.3, 0.4) is 0 Å². The minimum Gasteiger partial charge on any atom is -0.237 e. The lowest BCUT2D eigenvalue weighted by Crippen LogP contribution is -2.12. The lowest BCUT2D eigenvalue weighted by Gasteiger charge is -2.13. The summed E-state index contributed by atoms with van der Waals surface area (Å²) in [5.74, 6) is 0. The Kier molecular flexibility index (Phi) is 2.67. The highest BCUT2D eigenvalue weighted by Crippen LogP contribution is 2.26. The zero-order valence-electron chi connectivity index (χ0n) is 7.33. The molecule has 1 aromatic carbocycles. The number of halogens is 1. The van der Waals surface area contributed by atoms with Crippen molar-refractivity contribution in [3.05, 3.63) is 40.9 Å². The third-order valence-electron chi connectivity index (χ3n) is 2.23. The van der Waals surface area contributed by atoms with Crippen LogP contribution in [0.15, 0.2) is 30.3 Å². The Hall–Kier alpha value is -0.790. The van der Waals surface area contributed by atoms with Gasteiger partial charge in [-0.2, -0.15) is 0 Å². The van der Waals surface area contributed by atoms with Gasteiger partial charge in [-0.05, 0) is 23.6 Å². The molecule has 0 spiro atoms. The largest absolute Gasteiger partial charge is 0.237 e.